The van der Waals surface area contributed by atoms with Gasteiger partial charge in [-0.3, -0.25) is 4.79 Å². The van der Waals surface area contributed by atoms with Crippen molar-refractivity contribution in [3.63, 3.8) is 0 Å². The molecule has 0 saturated heterocycles. The van der Waals surface area contributed by atoms with Crippen molar-refractivity contribution in [1.29, 1.82) is 0 Å². The van der Waals surface area contributed by atoms with Crippen LogP contribution in [0.2, 0.25) is 0 Å². The van der Waals surface area contributed by atoms with E-state index in [1.807, 2.05) is 4.90 Å². The molecule has 0 atom stereocenters. The second-order valence-electron chi connectivity index (χ2n) is 6.13. The van der Waals surface area contributed by atoms with E-state index in [1.165, 1.54) is 23.2 Å². The Hall–Kier alpha value is -2.51. The fourth-order valence-corrected chi connectivity index (χ4v) is 3.14. The van der Waals surface area contributed by atoms with Gasteiger partial charge in [-0.2, -0.15) is 0 Å². The highest BCUT2D eigenvalue weighted by Crippen LogP contribution is 2.24. The van der Waals surface area contributed by atoms with Gasteiger partial charge in [0.05, 0.1) is 0 Å². The van der Waals surface area contributed by atoms with Crippen LogP contribution in [-0.4, -0.2) is 37.1 Å². The molecule has 128 valence electrons. The third kappa shape index (κ3) is 3.87. The van der Waals surface area contributed by atoms with Crippen LogP contribution >= 0.6 is 0 Å². The average Bonchev–Trinajstić information content (AvgIpc) is 3.00. The van der Waals surface area contributed by atoms with E-state index >= 15 is 0 Å². The Morgan fingerprint density at radius 3 is 2.58 bits per heavy atom. The van der Waals surface area contributed by atoms with Crippen LogP contribution in [0.1, 0.15) is 37.7 Å². The van der Waals surface area contributed by atoms with Gasteiger partial charge >= 0.3 is 0 Å². The van der Waals surface area contributed by atoms with Crippen LogP contribution < -0.4 is 5.73 Å². The number of hydrogen-bond acceptors (Lipinski definition) is 5. The second kappa shape index (κ2) is 7.37. The van der Waals surface area contributed by atoms with E-state index in [4.69, 9.17) is 5.73 Å². The maximum Gasteiger partial charge on any atom is 0.245 e. The Bertz CT molecular complexity index is 680. The second-order valence-corrected chi connectivity index (χ2v) is 6.13. The van der Waals surface area contributed by atoms with Gasteiger partial charge in [0.25, 0.3) is 0 Å². The van der Waals surface area contributed by atoms with E-state index in [0.717, 1.165) is 31.2 Å². The Labute approximate surface area is 139 Å². The molecule has 0 radical (unpaired) electrons. The number of carbonyl (C=O) groups is 1. The summed E-state index contributed by atoms with van der Waals surface area (Å²) >= 11 is 0. The maximum absolute atomic E-state index is 13.1. The summed E-state index contributed by atoms with van der Waals surface area (Å²) in [6.45, 7) is 0.461. The highest BCUT2D eigenvalue weighted by atomic mass is 19.1. The van der Waals surface area contributed by atoms with Gasteiger partial charge in [-0.25, -0.2) is 9.07 Å². The molecule has 0 spiro atoms. The predicted octanol–water partition coefficient (Wildman–Crippen LogP) is 1.76. The molecule has 1 fully saturated rings. The van der Waals surface area contributed by atoms with Crippen LogP contribution in [0.25, 0.3) is 0 Å². The van der Waals surface area contributed by atoms with Gasteiger partial charge in [-0.05, 0) is 41.0 Å². The number of nitrogens with zero attached hydrogens (tertiary/aromatic N) is 5. The lowest BCUT2D eigenvalue weighted by Crippen LogP contribution is -2.42. The molecule has 2 N–H and O–H groups in total. The smallest absolute Gasteiger partial charge is 0.245 e. The number of rotatable bonds is 5. The fourth-order valence-electron chi connectivity index (χ4n) is 3.14. The normalized spacial score (nSPS) is 15.4. The Morgan fingerprint density at radius 2 is 1.96 bits per heavy atom. The number of halogens is 1. The first kappa shape index (κ1) is 16.4. The Kier molecular flexibility index (Phi) is 5.02. The SMILES string of the molecule is Nc1nnnn1CC(=O)N(Cc1ccc(F)cc1)C1CCCCC1. The van der Waals surface area contributed by atoms with Crippen molar-refractivity contribution in [3.8, 4) is 0 Å². The largest absolute Gasteiger partial charge is 0.367 e. The first-order valence-electron chi connectivity index (χ1n) is 8.19. The highest BCUT2D eigenvalue weighted by molar-refractivity contribution is 5.76. The molecule has 7 nitrogen and oxygen atoms in total. The molecule has 3 rings (SSSR count). The first-order valence-corrected chi connectivity index (χ1v) is 8.19. The lowest BCUT2D eigenvalue weighted by atomic mass is 9.93. The maximum atomic E-state index is 13.1. The molecule has 1 heterocycles. The predicted molar refractivity (Wildman–Crippen MR) is 86.1 cm³/mol. The molecular formula is C16H21FN6O. The fraction of sp³-hybridized carbons (Fsp3) is 0.500. The first-order chi connectivity index (χ1) is 11.6. The van der Waals surface area contributed by atoms with Gasteiger partial charge in [0, 0.05) is 12.6 Å². The summed E-state index contributed by atoms with van der Waals surface area (Å²) < 4.78 is 14.4. The lowest BCUT2D eigenvalue weighted by molar-refractivity contribution is -0.135. The zero-order valence-electron chi connectivity index (χ0n) is 13.4. The molecule has 8 heteroatoms. The van der Waals surface area contributed by atoms with Gasteiger partial charge in [-0.1, -0.05) is 36.5 Å². The number of hydrogen-bond donors (Lipinski definition) is 1. The number of nitrogens with two attached hydrogens (primary N) is 1. The summed E-state index contributed by atoms with van der Waals surface area (Å²) in [6, 6.07) is 6.44. The summed E-state index contributed by atoms with van der Waals surface area (Å²) in [5.41, 5.74) is 6.55. The zero-order chi connectivity index (χ0) is 16.9. The van der Waals surface area contributed by atoms with Gasteiger partial charge in [-0.15, -0.1) is 0 Å². The van der Waals surface area contributed by atoms with Crippen molar-refractivity contribution in [3.05, 3.63) is 35.6 Å². The van der Waals surface area contributed by atoms with Crippen LogP contribution in [0, 0.1) is 5.82 Å². The molecule has 1 aliphatic rings. The quantitative estimate of drug-likeness (QED) is 0.901. The van der Waals surface area contributed by atoms with Crippen LogP contribution in [0.5, 0.6) is 0 Å². The van der Waals surface area contributed by atoms with Gasteiger partial charge in [0.1, 0.15) is 12.4 Å². The van der Waals surface area contributed by atoms with Crippen LogP contribution in [0.4, 0.5) is 10.3 Å². The standard InChI is InChI=1S/C16H21FN6O/c17-13-8-6-12(7-9-13)10-22(14-4-2-1-3-5-14)15(24)11-23-16(18)19-20-21-23/h6-9,14H,1-5,10-11H2,(H2,18,19,21). The minimum absolute atomic E-state index is 0.0104. The monoisotopic (exact) mass is 332 g/mol. The minimum Gasteiger partial charge on any atom is -0.367 e. The number of carbonyl (C=O) groups excluding carboxylic acids is 1. The van der Waals surface area contributed by atoms with Crippen molar-refractivity contribution >= 4 is 11.9 Å². The van der Waals surface area contributed by atoms with Crippen molar-refractivity contribution in [2.45, 2.75) is 51.2 Å². The Balaban J connectivity index is 1.76. The number of amides is 1. The van der Waals surface area contributed by atoms with Crippen LogP contribution in [0.3, 0.4) is 0 Å². The molecular weight excluding hydrogens is 311 g/mol. The molecule has 24 heavy (non-hydrogen) atoms. The van der Waals surface area contributed by atoms with E-state index in [9.17, 15) is 9.18 Å². The number of aromatic nitrogens is 4. The van der Waals surface area contributed by atoms with Crippen molar-refractivity contribution < 1.29 is 9.18 Å². The molecule has 1 amide bonds. The van der Waals surface area contributed by atoms with Gasteiger partial charge < -0.3 is 10.6 Å². The number of nitrogen functional groups attached to an aromatic ring is 1. The molecule has 0 bridgehead atoms. The topological polar surface area (TPSA) is 89.9 Å². The lowest BCUT2D eigenvalue weighted by Gasteiger charge is -2.34. The highest BCUT2D eigenvalue weighted by Gasteiger charge is 2.26. The molecule has 0 unspecified atom stereocenters. The zero-order valence-corrected chi connectivity index (χ0v) is 13.4. The molecule has 1 aromatic carbocycles. The number of anilines is 1. The van der Waals surface area contributed by atoms with E-state index < -0.39 is 0 Å². The van der Waals surface area contributed by atoms with Crippen molar-refractivity contribution in [2.24, 2.45) is 0 Å². The average molecular weight is 332 g/mol. The van der Waals surface area contributed by atoms with E-state index in [1.54, 1.807) is 12.1 Å². The van der Waals surface area contributed by atoms with E-state index in [2.05, 4.69) is 15.5 Å². The van der Waals surface area contributed by atoms with Crippen LogP contribution in [0.15, 0.2) is 24.3 Å². The summed E-state index contributed by atoms with van der Waals surface area (Å²) in [6.07, 6.45) is 5.40. The minimum atomic E-state index is -0.282. The number of tetrazole rings is 1. The summed E-state index contributed by atoms with van der Waals surface area (Å²) in [5.74, 6) is -0.241. The molecule has 2 aromatic rings. The van der Waals surface area contributed by atoms with Crippen molar-refractivity contribution in [1.82, 2.24) is 25.1 Å². The molecule has 1 saturated carbocycles. The van der Waals surface area contributed by atoms with Crippen LogP contribution in [-0.2, 0) is 17.9 Å². The van der Waals surface area contributed by atoms with Gasteiger partial charge in [0.15, 0.2) is 0 Å². The molecule has 0 aliphatic heterocycles. The van der Waals surface area contributed by atoms with Gasteiger partial charge in [0.2, 0.25) is 11.9 Å². The summed E-state index contributed by atoms with van der Waals surface area (Å²) in [4.78, 5) is 14.7. The molecule has 1 aliphatic carbocycles. The van der Waals surface area contributed by atoms with E-state index in [-0.39, 0.29) is 30.3 Å². The number of benzene rings is 1. The van der Waals surface area contributed by atoms with E-state index in [0.29, 0.717) is 6.54 Å². The summed E-state index contributed by atoms with van der Waals surface area (Å²) in [5, 5.41) is 10.8. The Morgan fingerprint density at radius 1 is 1.25 bits per heavy atom. The molecule has 1 aromatic heterocycles. The summed E-state index contributed by atoms with van der Waals surface area (Å²) in [7, 11) is 0. The van der Waals surface area contributed by atoms with Crippen molar-refractivity contribution in [2.75, 3.05) is 5.73 Å². The third-order valence-electron chi connectivity index (χ3n) is 4.45. The third-order valence-corrected chi connectivity index (χ3v) is 4.45.